The minimum atomic E-state index is -0.415. The van der Waals surface area contributed by atoms with Crippen LogP contribution in [0.2, 0.25) is 0 Å². The molecule has 164 valence electrons. The Labute approximate surface area is 182 Å². The summed E-state index contributed by atoms with van der Waals surface area (Å²) in [5, 5.41) is 3.79. The Bertz CT molecular complexity index is 1120. The predicted molar refractivity (Wildman–Crippen MR) is 120 cm³/mol. The van der Waals surface area contributed by atoms with Crippen molar-refractivity contribution in [1.29, 1.82) is 0 Å². The highest BCUT2D eigenvalue weighted by atomic mass is 16.5. The highest BCUT2D eigenvalue weighted by Gasteiger charge is 2.14. The molecule has 31 heavy (non-hydrogen) atoms. The van der Waals surface area contributed by atoms with E-state index >= 15 is 0 Å². The second-order valence-corrected chi connectivity index (χ2v) is 7.76. The van der Waals surface area contributed by atoms with Crippen molar-refractivity contribution in [1.82, 2.24) is 5.32 Å². The molecule has 6 heteroatoms. The summed E-state index contributed by atoms with van der Waals surface area (Å²) in [7, 11) is 1.56. The molecule has 1 heterocycles. The van der Waals surface area contributed by atoms with Gasteiger partial charge in [-0.1, -0.05) is 24.3 Å². The highest BCUT2D eigenvalue weighted by Crippen LogP contribution is 2.24. The zero-order valence-electron chi connectivity index (χ0n) is 18.5. The van der Waals surface area contributed by atoms with Crippen molar-refractivity contribution in [3.63, 3.8) is 0 Å². The van der Waals surface area contributed by atoms with Gasteiger partial charge in [-0.2, -0.15) is 0 Å². The van der Waals surface area contributed by atoms with Crippen LogP contribution in [0.3, 0.4) is 0 Å². The lowest BCUT2D eigenvalue weighted by Gasteiger charge is -2.13. The van der Waals surface area contributed by atoms with E-state index in [2.05, 4.69) is 5.32 Å². The molecule has 3 rings (SSSR count). The Hall–Kier alpha value is -3.12. The average Bonchev–Trinajstić information content (AvgIpc) is 2.76. The van der Waals surface area contributed by atoms with Crippen LogP contribution >= 0.6 is 0 Å². The van der Waals surface area contributed by atoms with Gasteiger partial charge in [0.1, 0.15) is 11.3 Å². The van der Waals surface area contributed by atoms with E-state index in [1.54, 1.807) is 13.2 Å². The van der Waals surface area contributed by atoms with Gasteiger partial charge in [0.05, 0.1) is 19.8 Å². The fraction of sp³-hybridized carbons (Fsp3) is 0.360. The minimum absolute atomic E-state index is 0.117. The number of nitrogens with one attached hydrogen (secondary N) is 1. The Morgan fingerprint density at radius 3 is 2.58 bits per heavy atom. The summed E-state index contributed by atoms with van der Waals surface area (Å²) in [6.45, 7) is 6.79. The van der Waals surface area contributed by atoms with E-state index in [0.29, 0.717) is 36.5 Å². The van der Waals surface area contributed by atoms with E-state index in [-0.39, 0.29) is 18.4 Å². The molecule has 1 amide bonds. The lowest BCUT2D eigenvalue weighted by atomic mass is 10.0. The zero-order chi connectivity index (χ0) is 22.4. The molecule has 1 aromatic heterocycles. The molecule has 0 fully saturated rings. The van der Waals surface area contributed by atoms with E-state index < -0.39 is 5.63 Å². The number of benzene rings is 2. The SMILES string of the molecule is COc1ccc2c(C)c(CCC(=O)NCc3ccccc3COC(C)C)c(=O)oc2c1. The topological polar surface area (TPSA) is 77.8 Å². The predicted octanol–water partition coefficient (Wildman–Crippen LogP) is 4.28. The first-order valence-corrected chi connectivity index (χ1v) is 10.4. The van der Waals surface area contributed by atoms with E-state index in [1.807, 2.05) is 57.2 Å². The van der Waals surface area contributed by atoms with Gasteiger partial charge in [0.2, 0.25) is 5.91 Å². The molecule has 0 aliphatic heterocycles. The van der Waals surface area contributed by atoms with Gasteiger partial charge < -0.3 is 19.2 Å². The van der Waals surface area contributed by atoms with Crippen LogP contribution in [0.4, 0.5) is 0 Å². The Morgan fingerprint density at radius 1 is 1.13 bits per heavy atom. The lowest BCUT2D eigenvalue weighted by molar-refractivity contribution is -0.121. The minimum Gasteiger partial charge on any atom is -0.497 e. The maximum atomic E-state index is 12.5. The van der Waals surface area contributed by atoms with Crippen LogP contribution in [-0.2, 0) is 29.1 Å². The second kappa shape index (κ2) is 10.3. The van der Waals surface area contributed by atoms with Gasteiger partial charge in [-0.25, -0.2) is 4.79 Å². The highest BCUT2D eigenvalue weighted by molar-refractivity contribution is 5.82. The average molecular weight is 424 g/mol. The number of methoxy groups -OCH3 is 1. The molecule has 0 unspecified atom stereocenters. The van der Waals surface area contributed by atoms with Crippen molar-refractivity contribution < 1.29 is 18.7 Å². The number of fused-ring (bicyclic) bond motifs is 1. The molecule has 3 aromatic rings. The summed E-state index contributed by atoms with van der Waals surface area (Å²) in [6, 6.07) is 13.3. The fourth-order valence-electron chi connectivity index (χ4n) is 3.44. The number of ether oxygens (including phenoxy) is 2. The third-order valence-corrected chi connectivity index (χ3v) is 5.26. The number of hydrogen-bond donors (Lipinski definition) is 1. The zero-order valence-corrected chi connectivity index (χ0v) is 18.5. The molecule has 0 bridgehead atoms. The van der Waals surface area contributed by atoms with Crippen molar-refractivity contribution in [3.05, 3.63) is 75.1 Å². The van der Waals surface area contributed by atoms with Crippen LogP contribution in [0.1, 0.15) is 42.5 Å². The monoisotopic (exact) mass is 423 g/mol. The van der Waals surface area contributed by atoms with Crippen LogP contribution in [0.5, 0.6) is 5.75 Å². The number of aryl methyl sites for hydroxylation is 1. The fourth-order valence-corrected chi connectivity index (χ4v) is 3.44. The normalized spacial score (nSPS) is 11.1. The van der Waals surface area contributed by atoms with Crippen LogP contribution in [0.25, 0.3) is 11.0 Å². The lowest BCUT2D eigenvalue weighted by Crippen LogP contribution is -2.25. The third-order valence-electron chi connectivity index (χ3n) is 5.26. The van der Waals surface area contributed by atoms with E-state index in [9.17, 15) is 9.59 Å². The maximum Gasteiger partial charge on any atom is 0.339 e. The summed E-state index contributed by atoms with van der Waals surface area (Å²) in [5.74, 6) is 0.509. The summed E-state index contributed by atoms with van der Waals surface area (Å²) >= 11 is 0. The molecule has 6 nitrogen and oxygen atoms in total. The van der Waals surface area contributed by atoms with E-state index in [4.69, 9.17) is 13.9 Å². The molecule has 0 saturated heterocycles. The summed E-state index contributed by atoms with van der Waals surface area (Å²) in [6.07, 6.45) is 0.665. The van der Waals surface area contributed by atoms with Gasteiger partial charge in [-0.3, -0.25) is 4.79 Å². The Balaban J connectivity index is 1.64. The summed E-state index contributed by atoms with van der Waals surface area (Å²) < 4.78 is 16.3. The van der Waals surface area contributed by atoms with E-state index in [1.165, 1.54) is 0 Å². The molecule has 0 saturated carbocycles. The molecular weight excluding hydrogens is 394 g/mol. The van der Waals surface area contributed by atoms with Crippen molar-refractivity contribution in [2.45, 2.75) is 52.9 Å². The smallest absolute Gasteiger partial charge is 0.339 e. The Kier molecular flexibility index (Phi) is 7.47. The first-order valence-electron chi connectivity index (χ1n) is 10.4. The van der Waals surface area contributed by atoms with Gasteiger partial charge in [-0.05, 0) is 56.0 Å². The second-order valence-electron chi connectivity index (χ2n) is 7.76. The Morgan fingerprint density at radius 2 is 1.87 bits per heavy atom. The van der Waals surface area contributed by atoms with Crippen molar-refractivity contribution in [2.24, 2.45) is 0 Å². The van der Waals surface area contributed by atoms with Gasteiger partial charge in [-0.15, -0.1) is 0 Å². The van der Waals surface area contributed by atoms with Crippen molar-refractivity contribution in [2.75, 3.05) is 7.11 Å². The van der Waals surface area contributed by atoms with Gasteiger partial charge >= 0.3 is 5.63 Å². The molecule has 0 spiro atoms. The largest absolute Gasteiger partial charge is 0.497 e. The quantitative estimate of drug-likeness (QED) is 0.520. The number of amides is 1. The number of carbonyl (C=O) groups is 1. The number of hydrogen-bond acceptors (Lipinski definition) is 5. The summed E-state index contributed by atoms with van der Waals surface area (Å²) in [4.78, 5) is 24.9. The molecule has 0 radical (unpaired) electrons. The van der Waals surface area contributed by atoms with Crippen LogP contribution in [-0.4, -0.2) is 19.1 Å². The van der Waals surface area contributed by atoms with Crippen molar-refractivity contribution in [3.8, 4) is 5.75 Å². The standard InChI is InChI=1S/C25H29NO5/c1-16(2)30-15-19-8-6-5-7-18(19)14-26-24(27)12-11-22-17(3)21-10-9-20(29-4)13-23(21)31-25(22)28/h5-10,13,16H,11-12,14-15H2,1-4H3,(H,26,27). The summed E-state index contributed by atoms with van der Waals surface area (Å²) in [5.41, 5.74) is 3.50. The van der Waals surface area contributed by atoms with Crippen molar-refractivity contribution >= 4 is 16.9 Å². The number of carbonyl (C=O) groups excluding carboxylic acids is 1. The first-order chi connectivity index (χ1) is 14.9. The van der Waals surface area contributed by atoms with Crippen LogP contribution in [0, 0.1) is 6.92 Å². The first kappa shape index (κ1) is 22.6. The van der Waals surface area contributed by atoms with Gasteiger partial charge in [0.15, 0.2) is 0 Å². The molecular formula is C25H29NO5. The van der Waals surface area contributed by atoms with Crippen LogP contribution < -0.4 is 15.7 Å². The van der Waals surface area contributed by atoms with Gasteiger partial charge in [0, 0.05) is 30.0 Å². The van der Waals surface area contributed by atoms with Crippen LogP contribution in [0.15, 0.2) is 51.7 Å². The molecule has 0 aliphatic rings. The molecule has 0 atom stereocenters. The maximum absolute atomic E-state index is 12.5. The third kappa shape index (κ3) is 5.73. The molecule has 0 aliphatic carbocycles. The molecule has 1 N–H and O–H groups in total. The number of rotatable bonds is 9. The van der Waals surface area contributed by atoms with E-state index in [0.717, 1.165) is 22.1 Å². The van der Waals surface area contributed by atoms with Gasteiger partial charge in [0.25, 0.3) is 0 Å². The molecule has 2 aromatic carbocycles.